The first-order valence-corrected chi connectivity index (χ1v) is 8.54. The molecular weight excluding hydrogens is 360 g/mol. The van der Waals surface area contributed by atoms with Gasteiger partial charge in [0.25, 0.3) is 0 Å². The van der Waals surface area contributed by atoms with E-state index < -0.39 is 5.97 Å². The lowest BCUT2D eigenvalue weighted by Gasteiger charge is -1.98. The van der Waals surface area contributed by atoms with Crippen LogP contribution in [0.5, 0.6) is 0 Å². The Kier molecular flexibility index (Phi) is 3.74. The molecule has 8 heteroatoms. The molecular formula is C17H11ClN4O2S. The first-order chi connectivity index (χ1) is 12.0. The molecule has 2 N–H and O–H groups in total. The second-order valence-corrected chi connectivity index (χ2v) is 6.83. The SMILES string of the molecule is Cc1cccc2c(-c3nc(C(=O)O)c(-c4ccc(Cl)nc4)s3)[nH]nc12. The predicted octanol–water partition coefficient (Wildman–Crippen LogP) is 4.41. The normalized spacial score (nSPS) is 11.1. The van der Waals surface area contributed by atoms with Gasteiger partial charge in [0.15, 0.2) is 5.69 Å². The summed E-state index contributed by atoms with van der Waals surface area (Å²) < 4.78 is 0. The van der Waals surface area contributed by atoms with E-state index in [9.17, 15) is 9.90 Å². The van der Waals surface area contributed by atoms with Gasteiger partial charge < -0.3 is 5.11 Å². The summed E-state index contributed by atoms with van der Waals surface area (Å²) in [6, 6.07) is 9.20. The Morgan fingerprint density at radius 3 is 2.84 bits per heavy atom. The molecule has 4 aromatic rings. The number of hydrogen-bond acceptors (Lipinski definition) is 5. The molecule has 0 saturated carbocycles. The van der Waals surface area contributed by atoms with Crippen LogP contribution in [0, 0.1) is 6.92 Å². The molecule has 0 aliphatic heterocycles. The molecule has 0 atom stereocenters. The number of nitrogens with zero attached hydrogens (tertiary/aromatic N) is 3. The Morgan fingerprint density at radius 1 is 1.28 bits per heavy atom. The first-order valence-electron chi connectivity index (χ1n) is 7.34. The minimum atomic E-state index is -1.09. The standard InChI is InChI=1S/C17H11ClN4O2S/c1-8-3-2-4-10-12(8)21-22-13(10)16-20-14(17(23)24)15(25-16)9-5-6-11(18)19-7-9/h2-7H,1H3,(H,21,22)(H,23,24). The van der Waals surface area contributed by atoms with Gasteiger partial charge in [-0.15, -0.1) is 11.3 Å². The highest BCUT2D eigenvalue weighted by molar-refractivity contribution is 7.18. The molecule has 0 bridgehead atoms. The number of nitrogens with one attached hydrogen (secondary N) is 1. The molecule has 0 radical (unpaired) electrons. The summed E-state index contributed by atoms with van der Waals surface area (Å²) in [5.41, 5.74) is 3.24. The van der Waals surface area contributed by atoms with Gasteiger partial charge in [0.05, 0.1) is 10.4 Å². The summed E-state index contributed by atoms with van der Waals surface area (Å²) in [7, 11) is 0. The number of thiazole rings is 1. The molecule has 1 aromatic carbocycles. The van der Waals surface area contributed by atoms with Crippen LogP contribution in [0.25, 0.3) is 32.0 Å². The molecule has 124 valence electrons. The Balaban J connectivity index is 1.91. The van der Waals surface area contributed by atoms with Crippen LogP contribution in [0.15, 0.2) is 36.5 Å². The van der Waals surface area contributed by atoms with Gasteiger partial charge in [-0.2, -0.15) is 5.10 Å². The Labute approximate surface area is 151 Å². The van der Waals surface area contributed by atoms with Crippen LogP contribution >= 0.6 is 22.9 Å². The average Bonchev–Trinajstić information content (AvgIpc) is 3.20. The number of benzene rings is 1. The number of carboxylic acid groups (broad SMARTS) is 1. The minimum Gasteiger partial charge on any atom is -0.476 e. The summed E-state index contributed by atoms with van der Waals surface area (Å²) in [6.45, 7) is 1.97. The predicted molar refractivity (Wildman–Crippen MR) is 97.1 cm³/mol. The Hall–Kier alpha value is -2.77. The zero-order valence-electron chi connectivity index (χ0n) is 12.9. The van der Waals surface area contributed by atoms with Crippen molar-refractivity contribution in [2.24, 2.45) is 0 Å². The van der Waals surface area contributed by atoms with Crippen molar-refractivity contribution >= 4 is 39.8 Å². The topological polar surface area (TPSA) is 91.8 Å². The van der Waals surface area contributed by atoms with E-state index in [0.29, 0.717) is 26.3 Å². The fraction of sp³-hybridized carbons (Fsp3) is 0.0588. The maximum atomic E-state index is 11.6. The number of rotatable bonds is 3. The zero-order valence-corrected chi connectivity index (χ0v) is 14.5. The second-order valence-electron chi connectivity index (χ2n) is 5.44. The third kappa shape index (κ3) is 2.67. The van der Waals surface area contributed by atoms with Gasteiger partial charge in [-0.25, -0.2) is 14.8 Å². The molecule has 0 unspecified atom stereocenters. The van der Waals surface area contributed by atoms with Crippen molar-refractivity contribution in [3.05, 3.63) is 52.9 Å². The van der Waals surface area contributed by atoms with Gasteiger partial charge in [-0.05, 0) is 24.6 Å². The molecule has 0 amide bonds. The van der Waals surface area contributed by atoms with Crippen molar-refractivity contribution in [1.82, 2.24) is 20.2 Å². The summed E-state index contributed by atoms with van der Waals surface area (Å²) >= 11 is 7.09. The van der Waals surface area contributed by atoms with Crippen molar-refractivity contribution in [2.75, 3.05) is 0 Å². The van der Waals surface area contributed by atoms with E-state index in [1.165, 1.54) is 11.3 Å². The van der Waals surface area contributed by atoms with Crippen molar-refractivity contribution in [3.63, 3.8) is 0 Å². The number of aromatic carboxylic acids is 1. The molecule has 4 rings (SSSR count). The van der Waals surface area contributed by atoms with E-state index in [2.05, 4.69) is 20.2 Å². The minimum absolute atomic E-state index is 0.0143. The number of aryl methyl sites for hydroxylation is 1. The summed E-state index contributed by atoms with van der Waals surface area (Å²) in [5, 5.41) is 18.6. The number of carbonyl (C=O) groups is 1. The molecule has 25 heavy (non-hydrogen) atoms. The molecule has 3 aromatic heterocycles. The molecule has 0 aliphatic rings. The fourth-order valence-electron chi connectivity index (χ4n) is 2.62. The van der Waals surface area contributed by atoms with Crippen molar-refractivity contribution < 1.29 is 9.90 Å². The van der Waals surface area contributed by atoms with E-state index >= 15 is 0 Å². The van der Waals surface area contributed by atoms with Gasteiger partial charge in [0.1, 0.15) is 15.9 Å². The second kappa shape index (κ2) is 5.94. The van der Waals surface area contributed by atoms with E-state index in [4.69, 9.17) is 11.6 Å². The Morgan fingerprint density at radius 2 is 2.12 bits per heavy atom. The lowest BCUT2D eigenvalue weighted by molar-refractivity contribution is 0.0692. The van der Waals surface area contributed by atoms with Crippen LogP contribution in [0.2, 0.25) is 5.15 Å². The Bertz CT molecular complexity index is 1100. The number of hydrogen-bond donors (Lipinski definition) is 2. The largest absolute Gasteiger partial charge is 0.476 e. The van der Waals surface area contributed by atoms with Gasteiger partial charge in [0.2, 0.25) is 0 Å². The number of halogens is 1. The number of pyridine rings is 1. The summed E-state index contributed by atoms with van der Waals surface area (Å²) in [6.07, 6.45) is 1.54. The number of H-pyrrole nitrogens is 1. The maximum absolute atomic E-state index is 11.6. The van der Waals surface area contributed by atoms with Crippen LogP contribution in [0.1, 0.15) is 16.1 Å². The van der Waals surface area contributed by atoms with Crippen LogP contribution < -0.4 is 0 Å². The number of aromatic nitrogens is 4. The monoisotopic (exact) mass is 370 g/mol. The van der Waals surface area contributed by atoms with Gasteiger partial charge in [-0.1, -0.05) is 29.8 Å². The van der Waals surface area contributed by atoms with Crippen LogP contribution in [0.4, 0.5) is 0 Å². The fourth-order valence-corrected chi connectivity index (χ4v) is 3.79. The lowest BCUT2D eigenvalue weighted by atomic mass is 10.1. The van der Waals surface area contributed by atoms with Crippen molar-refractivity contribution in [1.29, 1.82) is 0 Å². The highest BCUT2D eigenvalue weighted by Crippen LogP contribution is 2.37. The number of para-hydroxylation sites is 1. The molecule has 0 fully saturated rings. The van der Waals surface area contributed by atoms with Gasteiger partial charge in [-0.3, -0.25) is 5.10 Å². The summed E-state index contributed by atoms with van der Waals surface area (Å²) in [4.78, 5) is 20.5. The van der Waals surface area contributed by atoms with E-state index in [-0.39, 0.29) is 5.69 Å². The third-order valence-electron chi connectivity index (χ3n) is 3.82. The molecule has 3 heterocycles. The molecule has 0 aliphatic carbocycles. The quantitative estimate of drug-likeness (QED) is 0.521. The molecule has 6 nitrogen and oxygen atoms in total. The van der Waals surface area contributed by atoms with Crippen LogP contribution in [0.3, 0.4) is 0 Å². The highest BCUT2D eigenvalue weighted by Gasteiger charge is 2.22. The maximum Gasteiger partial charge on any atom is 0.356 e. The highest BCUT2D eigenvalue weighted by atomic mass is 35.5. The van der Waals surface area contributed by atoms with E-state index in [0.717, 1.165) is 16.5 Å². The zero-order chi connectivity index (χ0) is 17.6. The number of fused-ring (bicyclic) bond motifs is 1. The van der Waals surface area contributed by atoms with Gasteiger partial charge >= 0.3 is 5.97 Å². The first kappa shape index (κ1) is 15.7. The average molecular weight is 371 g/mol. The smallest absolute Gasteiger partial charge is 0.356 e. The van der Waals surface area contributed by atoms with E-state index in [1.54, 1.807) is 18.3 Å². The summed E-state index contributed by atoms with van der Waals surface area (Å²) in [5.74, 6) is -1.09. The number of aromatic amines is 1. The van der Waals surface area contributed by atoms with E-state index in [1.807, 2.05) is 25.1 Å². The lowest BCUT2D eigenvalue weighted by Crippen LogP contribution is -1.99. The van der Waals surface area contributed by atoms with Crippen LogP contribution in [-0.2, 0) is 0 Å². The molecule has 0 spiro atoms. The number of carboxylic acids is 1. The van der Waals surface area contributed by atoms with Crippen LogP contribution in [-0.4, -0.2) is 31.2 Å². The van der Waals surface area contributed by atoms with Crippen molar-refractivity contribution in [3.8, 4) is 21.1 Å². The molecule has 0 saturated heterocycles. The third-order valence-corrected chi connectivity index (χ3v) is 5.17. The van der Waals surface area contributed by atoms with Crippen molar-refractivity contribution in [2.45, 2.75) is 6.92 Å². The van der Waals surface area contributed by atoms with Gasteiger partial charge in [0, 0.05) is 17.1 Å².